The van der Waals surface area contributed by atoms with Crippen LogP contribution in [-0.2, 0) is 24.0 Å². The third-order valence-corrected chi connectivity index (χ3v) is 6.20. The van der Waals surface area contributed by atoms with Crippen LogP contribution in [0.5, 0.6) is 0 Å². The largest absolute Gasteiger partial charge is 0.569 e. The van der Waals surface area contributed by atoms with Crippen molar-refractivity contribution < 1.29 is 28.9 Å². The molecule has 0 heterocycles. The van der Waals surface area contributed by atoms with Crippen LogP contribution >= 0.6 is 0 Å². The lowest BCUT2D eigenvalue weighted by atomic mass is 9.86. The van der Waals surface area contributed by atoms with Gasteiger partial charge in [-0.05, 0) is 58.3 Å². The van der Waals surface area contributed by atoms with Gasteiger partial charge in [0, 0.05) is 5.92 Å². The normalized spacial score (nSPS) is 21.0. The van der Waals surface area contributed by atoms with E-state index < -0.39 is 29.5 Å². The summed E-state index contributed by atoms with van der Waals surface area (Å²) >= 11 is 0. The summed E-state index contributed by atoms with van der Waals surface area (Å²) in [6, 6.07) is -1.56. The minimum atomic E-state index is -0.787. The van der Waals surface area contributed by atoms with E-state index in [0.29, 0.717) is 30.7 Å². The fraction of sp³-hybridized carbons (Fsp3) is 0.870. The molecule has 0 saturated heterocycles. The molecular formula is C23H43N5O6. The zero-order valence-corrected chi connectivity index (χ0v) is 22.1. The number of amides is 2. The Balaban J connectivity index is 2.66. The highest BCUT2D eigenvalue weighted by atomic mass is 16.7. The first-order valence-corrected chi connectivity index (χ1v) is 11.9. The average molecular weight is 486 g/mol. The van der Waals surface area contributed by atoms with Crippen LogP contribution in [-0.4, -0.2) is 65.6 Å². The molecule has 2 amide bonds. The number of ether oxygens (including phenoxy) is 1. The summed E-state index contributed by atoms with van der Waals surface area (Å²) in [6.07, 6.45) is 2.02. The standard InChI is InChI=1S/C23H43N5O6/c1-14(2)18(21(30)25-19(15(3)4)22(31)33-9)24-20(29)16-10-12-17(13-11-16)34-26-28(32)27(8)23(5,6)7/h14-19H,10-13H2,1-9H3,(H,24,29)(H,25,30)/b28-26-. The van der Waals surface area contributed by atoms with Crippen molar-refractivity contribution in [3.8, 4) is 0 Å². The number of nitrogens with zero attached hydrogens (tertiary/aromatic N) is 3. The van der Waals surface area contributed by atoms with E-state index in [1.54, 1.807) is 7.05 Å². The smallest absolute Gasteiger partial charge is 0.328 e. The van der Waals surface area contributed by atoms with E-state index >= 15 is 0 Å². The van der Waals surface area contributed by atoms with Crippen LogP contribution in [0.3, 0.4) is 0 Å². The Morgan fingerprint density at radius 2 is 1.53 bits per heavy atom. The summed E-state index contributed by atoms with van der Waals surface area (Å²) in [7, 11) is 2.91. The predicted molar refractivity (Wildman–Crippen MR) is 126 cm³/mol. The SMILES string of the molecule is COC(=O)C(NC(=O)C(NC(=O)C1CCC(O/N=[N+](\[O-])N(C)C(C)(C)C)CC1)C(C)C)C(C)C. The number of hydrogen-bond donors (Lipinski definition) is 2. The van der Waals surface area contributed by atoms with Crippen LogP contribution in [0, 0.1) is 23.0 Å². The Labute approximate surface area is 203 Å². The second-order valence-electron chi connectivity index (χ2n) is 10.6. The summed E-state index contributed by atoms with van der Waals surface area (Å²) in [5, 5.41) is 22.7. The zero-order chi connectivity index (χ0) is 26.2. The van der Waals surface area contributed by atoms with Crippen molar-refractivity contribution in [1.29, 1.82) is 0 Å². The molecule has 1 aliphatic carbocycles. The number of carbonyl (C=O) groups is 3. The van der Waals surface area contributed by atoms with Gasteiger partial charge in [-0.15, -0.1) is 5.01 Å². The molecule has 0 aromatic carbocycles. The fourth-order valence-corrected chi connectivity index (χ4v) is 3.52. The lowest BCUT2D eigenvalue weighted by Gasteiger charge is -2.30. The minimum absolute atomic E-state index is 0.158. The highest BCUT2D eigenvalue weighted by Gasteiger charge is 2.34. The number of hydrazine groups is 1. The summed E-state index contributed by atoms with van der Waals surface area (Å²) in [5.41, 5.74) is -0.393. The molecule has 0 spiro atoms. The Hall–Kier alpha value is -2.59. The topological polar surface area (TPSA) is 135 Å². The third kappa shape index (κ3) is 8.64. The molecule has 1 rings (SSSR count). The maximum Gasteiger partial charge on any atom is 0.328 e. The van der Waals surface area contributed by atoms with E-state index in [9.17, 15) is 19.6 Å². The van der Waals surface area contributed by atoms with Crippen LogP contribution in [0.4, 0.5) is 0 Å². The van der Waals surface area contributed by atoms with Crippen LogP contribution in [0.2, 0.25) is 0 Å². The molecule has 1 aliphatic rings. The number of hydrogen-bond acceptors (Lipinski definition) is 7. The maximum absolute atomic E-state index is 12.9. The molecule has 0 aromatic rings. The van der Waals surface area contributed by atoms with Gasteiger partial charge in [-0.1, -0.05) is 27.7 Å². The molecule has 34 heavy (non-hydrogen) atoms. The van der Waals surface area contributed by atoms with E-state index in [-0.39, 0.29) is 29.8 Å². The molecule has 0 bridgehead atoms. The molecule has 196 valence electrons. The first kappa shape index (κ1) is 29.4. The monoisotopic (exact) mass is 485 g/mol. The molecule has 1 saturated carbocycles. The van der Waals surface area contributed by atoms with Gasteiger partial charge in [0.25, 0.3) is 0 Å². The van der Waals surface area contributed by atoms with E-state index in [1.165, 1.54) is 12.1 Å². The number of rotatable bonds is 10. The summed E-state index contributed by atoms with van der Waals surface area (Å²) in [4.78, 5) is 43.6. The second kappa shape index (κ2) is 12.8. The number of nitrogens with one attached hydrogen (secondary N) is 2. The zero-order valence-electron chi connectivity index (χ0n) is 22.1. The van der Waals surface area contributed by atoms with Crippen LogP contribution in [0.25, 0.3) is 0 Å². The highest BCUT2D eigenvalue weighted by molar-refractivity contribution is 5.91. The van der Waals surface area contributed by atoms with E-state index in [4.69, 9.17) is 9.57 Å². The van der Waals surface area contributed by atoms with Crippen molar-refractivity contribution in [3.63, 3.8) is 0 Å². The van der Waals surface area contributed by atoms with Crippen LogP contribution in [0.15, 0.2) is 5.28 Å². The average Bonchev–Trinajstić information content (AvgIpc) is 2.77. The van der Waals surface area contributed by atoms with Crippen molar-refractivity contribution in [1.82, 2.24) is 15.6 Å². The molecule has 1 fully saturated rings. The van der Waals surface area contributed by atoms with Crippen LogP contribution < -0.4 is 10.6 Å². The number of carbonyl (C=O) groups excluding carboxylic acids is 3. The second-order valence-corrected chi connectivity index (χ2v) is 10.6. The van der Waals surface area contributed by atoms with Gasteiger partial charge in [-0.25, -0.2) is 4.79 Å². The first-order chi connectivity index (χ1) is 15.7. The summed E-state index contributed by atoms with van der Waals surface area (Å²) in [6.45, 7) is 13.0. The number of esters is 1. The van der Waals surface area contributed by atoms with Gasteiger partial charge in [0.1, 0.15) is 18.2 Å². The predicted octanol–water partition coefficient (Wildman–Crippen LogP) is 2.54. The van der Waals surface area contributed by atoms with Crippen molar-refractivity contribution in [2.45, 2.75) is 97.9 Å². The fourth-order valence-electron chi connectivity index (χ4n) is 3.52. The highest BCUT2D eigenvalue weighted by Crippen LogP contribution is 2.27. The van der Waals surface area contributed by atoms with E-state index in [1.807, 2.05) is 48.5 Å². The van der Waals surface area contributed by atoms with Crippen molar-refractivity contribution >= 4 is 17.8 Å². The van der Waals surface area contributed by atoms with Gasteiger partial charge >= 0.3 is 5.97 Å². The quantitative estimate of drug-likeness (QED) is 0.210. The molecule has 0 aromatic heterocycles. The van der Waals surface area contributed by atoms with Crippen molar-refractivity contribution in [2.75, 3.05) is 14.2 Å². The minimum Gasteiger partial charge on any atom is -0.569 e. The van der Waals surface area contributed by atoms with Gasteiger partial charge in [-0.2, -0.15) is 0 Å². The molecule has 2 atom stereocenters. The maximum atomic E-state index is 12.9. The molecule has 11 nitrogen and oxygen atoms in total. The van der Waals surface area contributed by atoms with Gasteiger partial charge in [0.2, 0.25) is 17.1 Å². The van der Waals surface area contributed by atoms with Crippen molar-refractivity contribution in [2.24, 2.45) is 23.0 Å². The van der Waals surface area contributed by atoms with Gasteiger partial charge in [0.05, 0.1) is 24.7 Å². The first-order valence-electron chi connectivity index (χ1n) is 11.9. The Bertz CT molecular complexity index is 726. The lowest BCUT2D eigenvalue weighted by Crippen LogP contribution is -2.56. The van der Waals surface area contributed by atoms with Crippen LogP contribution in [0.1, 0.15) is 74.1 Å². The summed E-state index contributed by atoms with van der Waals surface area (Å²) in [5.74, 6) is -1.74. The molecule has 11 heteroatoms. The van der Waals surface area contributed by atoms with Gasteiger partial charge < -0.3 is 25.4 Å². The van der Waals surface area contributed by atoms with Gasteiger partial charge in [0.15, 0.2) is 0 Å². The number of methoxy groups -OCH3 is 1. The Kier molecular flexibility index (Phi) is 11.0. The Morgan fingerprint density at radius 3 is 1.97 bits per heavy atom. The van der Waals surface area contributed by atoms with Gasteiger partial charge in [-0.3, -0.25) is 9.59 Å². The molecule has 0 radical (unpaired) electrons. The van der Waals surface area contributed by atoms with Crippen molar-refractivity contribution in [3.05, 3.63) is 5.21 Å². The molecule has 0 aliphatic heterocycles. The Morgan fingerprint density at radius 1 is 1.00 bits per heavy atom. The van der Waals surface area contributed by atoms with E-state index in [0.717, 1.165) is 0 Å². The third-order valence-electron chi connectivity index (χ3n) is 6.20. The van der Waals surface area contributed by atoms with E-state index in [2.05, 4.69) is 15.9 Å². The molecular weight excluding hydrogens is 442 g/mol. The molecule has 2 unspecified atom stereocenters. The molecule has 2 N–H and O–H groups in total. The lowest BCUT2D eigenvalue weighted by molar-refractivity contribution is -0.720. The summed E-state index contributed by atoms with van der Waals surface area (Å²) < 4.78 is 4.78.